The van der Waals surface area contributed by atoms with Gasteiger partial charge in [0.05, 0.1) is 5.60 Å². The van der Waals surface area contributed by atoms with E-state index in [1.165, 1.54) is 6.07 Å². The number of aliphatic hydroxyl groups is 1. The molecule has 0 aromatic heterocycles. The van der Waals surface area contributed by atoms with E-state index in [0.29, 0.717) is 18.7 Å². The highest BCUT2D eigenvalue weighted by molar-refractivity contribution is 5.20. The summed E-state index contributed by atoms with van der Waals surface area (Å²) in [5.41, 5.74) is -0.207. The Balaban J connectivity index is 2.56. The number of hydrogen-bond acceptors (Lipinski definition) is 3. The van der Waals surface area contributed by atoms with Gasteiger partial charge in [-0.05, 0) is 34.0 Å². The zero-order valence-electron chi connectivity index (χ0n) is 11.6. The van der Waals surface area contributed by atoms with Crippen LogP contribution in [0.1, 0.15) is 25.5 Å². The molecule has 2 N–H and O–H groups in total. The van der Waals surface area contributed by atoms with Crippen molar-refractivity contribution in [3.8, 4) is 0 Å². The quantitative estimate of drug-likeness (QED) is 0.812. The Morgan fingerprint density at radius 2 is 2.00 bits per heavy atom. The Morgan fingerprint density at radius 1 is 1.39 bits per heavy atom. The first-order chi connectivity index (χ1) is 8.32. The Labute approximate surface area is 109 Å². The molecular weight excluding hydrogens is 231 g/mol. The number of benzene rings is 1. The zero-order chi connectivity index (χ0) is 13.8. The predicted molar refractivity (Wildman–Crippen MR) is 72.0 cm³/mol. The molecule has 1 aromatic rings. The van der Waals surface area contributed by atoms with Crippen molar-refractivity contribution in [2.75, 3.05) is 27.2 Å². The van der Waals surface area contributed by atoms with Crippen LogP contribution in [-0.4, -0.2) is 42.8 Å². The molecule has 0 fully saturated rings. The van der Waals surface area contributed by atoms with Gasteiger partial charge in [-0.15, -0.1) is 0 Å². The summed E-state index contributed by atoms with van der Waals surface area (Å²) in [4.78, 5) is 1.93. The highest BCUT2D eigenvalue weighted by Gasteiger charge is 2.22. The molecule has 0 saturated carbocycles. The van der Waals surface area contributed by atoms with Gasteiger partial charge in [0.15, 0.2) is 0 Å². The van der Waals surface area contributed by atoms with Gasteiger partial charge >= 0.3 is 0 Å². The van der Waals surface area contributed by atoms with E-state index >= 15 is 0 Å². The summed E-state index contributed by atoms with van der Waals surface area (Å²) in [6.45, 7) is 4.64. The number of likely N-dealkylation sites (N-methyl/N-ethyl adjacent to an activating group) is 1. The van der Waals surface area contributed by atoms with Crippen LogP contribution >= 0.6 is 0 Å². The van der Waals surface area contributed by atoms with Crippen molar-refractivity contribution >= 4 is 0 Å². The Morgan fingerprint density at radius 3 is 2.56 bits per heavy atom. The number of nitrogens with zero attached hydrogens (tertiary/aromatic N) is 1. The monoisotopic (exact) mass is 254 g/mol. The second-order valence-electron chi connectivity index (χ2n) is 5.36. The molecular formula is C14H23FN2O. The second-order valence-corrected chi connectivity index (χ2v) is 5.36. The predicted octanol–water partition coefficient (Wildman–Crippen LogP) is 1.79. The normalized spacial score (nSPS) is 16.6. The average Bonchev–Trinajstić information content (AvgIpc) is 2.25. The van der Waals surface area contributed by atoms with E-state index in [2.05, 4.69) is 5.32 Å². The fourth-order valence-corrected chi connectivity index (χ4v) is 2.05. The summed E-state index contributed by atoms with van der Waals surface area (Å²) in [6.07, 6.45) is 0. The first-order valence-electron chi connectivity index (χ1n) is 6.17. The molecule has 1 aromatic carbocycles. The van der Waals surface area contributed by atoms with Crippen LogP contribution in [0.2, 0.25) is 0 Å². The molecule has 0 heterocycles. The van der Waals surface area contributed by atoms with Crippen LogP contribution in [0.3, 0.4) is 0 Å². The van der Waals surface area contributed by atoms with Crippen molar-refractivity contribution in [1.29, 1.82) is 0 Å². The van der Waals surface area contributed by atoms with E-state index in [-0.39, 0.29) is 11.9 Å². The first kappa shape index (κ1) is 15.1. The minimum absolute atomic E-state index is 0.125. The van der Waals surface area contributed by atoms with Crippen molar-refractivity contribution in [3.05, 3.63) is 35.6 Å². The van der Waals surface area contributed by atoms with Gasteiger partial charge in [0.25, 0.3) is 0 Å². The molecule has 0 amide bonds. The van der Waals surface area contributed by atoms with E-state index < -0.39 is 5.60 Å². The Hall–Kier alpha value is -0.970. The molecule has 2 unspecified atom stereocenters. The summed E-state index contributed by atoms with van der Waals surface area (Å²) in [5, 5.41) is 13.3. The number of halogens is 1. The molecule has 4 heteroatoms. The third-order valence-electron chi connectivity index (χ3n) is 2.82. The summed E-state index contributed by atoms with van der Waals surface area (Å²) >= 11 is 0. The van der Waals surface area contributed by atoms with Crippen molar-refractivity contribution in [2.45, 2.75) is 25.5 Å². The van der Waals surface area contributed by atoms with E-state index in [0.717, 1.165) is 0 Å². The third-order valence-corrected chi connectivity index (χ3v) is 2.82. The molecule has 3 nitrogen and oxygen atoms in total. The molecule has 0 radical (unpaired) electrons. The molecule has 0 aliphatic carbocycles. The van der Waals surface area contributed by atoms with Gasteiger partial charge in [-0.25, -0.2) is 4.39 Å². The van der Waals surface area contributed by atoms with Gasteiger partial charge in [0.1, 0.15) is 5.82 Å². The lowest BCUT2D eigenvalue weighted by Gasteiger charge is -2.29. The summed E-state index contributed by atoms with van der Waals surface area (Å²) in [7, 11) is 3.82. The van der Waals surface area contributed by atoms with E-state index in [4.69, 9.17) is 0 Å². The van der Waals surface area contributed by atoms with Crippen molar-refractivity contribution in [1.82, 2.24) is 10.2 Å². The van der Waals surface area contributed by atoms with E-state index in [1.807, 2.05) is 32.0 Å². The standard InChI is InChI=1S/C14H23FN2O/c1-11(12-7-5-6-8-13(12)15)16-9-14(2,18)10-17(3)4/h5-8,11,16,18H,9-10H2,1-4H3. The molecule has 0 aliphatic rings. The number of hydrogen-bond donors (Lipinski definition) is 2. The van der Waals surface area contributed by atoms with Crippen molar-refractivity contribution in [2.24, 2.45) is 0 Å². The van der Waals surface area contributed by atoms with Crippen LogP contribution < -0.4 is 5.32 Å². The largest absolute Gasteiger partial charge is 0.388 e. The van der Waals surface area contributed by atoms with Crippen molar-refractivity contribution < 1.29 is 9.50 Å². The number of rotatable bonds is 6. The highest BCUT2D eigenvalue weighted by Crippen LogP contribution is 2.16. The molecule has 18 heavy (non-hydrogen) atoms. The van der Waals surface area contributed by atoms with Gasteiger partial charge < -0.3 is 15.3 Å². The van der Waals surface area contributed by atoms with Gasteiger partial charge in [-0.3, -0.25) is 0 Å². The lowest BCUT2D eigenvalue weighted by atomic mass is 10.0. The topological polar surface area (TPSA) is 35.5 Å². The summed E-state index contributed by atoms with van der Waals surface area (Å²) in [5.74, 6) is -0.218. The highest BCUT2D eigenvalue weighted by atomic mass is 19.1. The van der Waals surface area contributed by atoms with Gasteiger partial charge in [-0.1, -0.05) is 18.2 Å². The van der Waals surface area contributed by atoms with Crippen LogP contribution in [0.25, 0.3) is 0 Å². The summed E-state index contributed by atoms with van der Waals surface area (Å²) < 4.78 is 13.6. The average molecular weight is 254 g/mol. The van der Waals surface area contributed by atoms with Crippen LogP contribution in [-0.2, 0) is 0 Å². The lowest BCUT2D eigenvalue weighted by molar-refractivity contribution is 0.0316. The second kappa shape index (κ2) is 6.27. The molecule has 0 aliphatic heterocycles. The number of nitrogens with one attached hydrogen (secondary N) is 1. The van der Waals surface area contributed by atoms with Crippen molar-refractivity contribution in [3.63, 3.8) is 0 Å². The minimum Gasteiger partial charge on any atom is -0.388 e. The maximum atomic E-state index is 13.6. The molecule has 0 saturated heterocycles. The third kappa shape index (κ3) is 4.72. The first-order valence-corrected chi connectivity index (χ1v) is 6.17. The molecule has 2 atom stereocenters. The van der Waals surface area contributed by atoms with E-state index in [1.54, 1.807) is 19.1 Å². The maximum absolute atomic E-state index is 13.6. The molecule has 0 spiro atoms. The Kier molecular flexibility index (Phi) is 5.26. The van der Waals surface area contributed by atoms with Gasteiger partial charge in [0.2, 0.25) is 0 Å². The SMILES string of the molecule is CC(NCC(C)(O)CN(C)C)c1ccccc1F. The zero-order valence-corrected chi connectivity index (χ0v) is 11.6. The van der Waals surface area contributed by atoms with Gasteiger partial charge in [-0.2, -0.15) is 0 Å². The van der Waals surface area contributed by atoms with Crippen LogP contribution in [0.15, 0.2) is 24.3 Å². The summed E-state index contributed by atoms with van der Waals surface area (Å²) in [6, 6.07) is 6.57. The van der Waals surface area contributed by atoms with Crippen LogP contribution in [0, 0.1) is 5.82 Å². The Bertz CT molecular complexity index is 380. The molecule has 102 valence electrons. The fourth-order valence-electron chi connectivity index (χ4n) is 2.05. The fraction of sp³-hybridized carbons (Fsp3) is 0.571. The molecule has 1 rings (SSSR count). The smallest absolute Gasteiger partial charge is 0.127 e. The van der Waals surface area contributed by atoms with Crippen LogP contribution in [0.5, 0.6) is 0 Å². The van der Waals surface area contributed by atoms with Crippen LogP contribution in [0.4, 0.5) is 4.39 Å². The molecule has 0 bridgehead atoms. The van der Waals surface area contributed by atoms with Gasteiger partial charge in [0, 0.05) is 24.7 Å². The lowest BCUT2D eigenvalue weighted by Crippen LogP contribution is -2.46. The minimum atomic E-state index is -0.830. The maximum Gasteiger partial charge on any atom is 0.127 e. The van der Waals surface area contributed by atoms with E-state index in [9.17, 15) is 9.50 Å².